The fourth-order valence-corrected chi connectivity index (χ4v) is 2.74. The SMILES string of the molecule is CCC1CCN(c2ccc(C=O)cc2Cl)CC1. The summed E-state index contributed by atoms with van der Waals surface area (Å²) in [5, 5.41) is 0.685. The number of rotatable bonds is 3. The molecule has 1 heterocycles. The molecule has 0 amide bonds. The van der Waals surface area contributed by atoms with Gasteiger partial charge in [-0.1, -0.05) is 24.9 Å². The number of nitrogens with zero attached hydrogens (tertiary/aromatic N) is 1. The van der Waals surface area contributed by atoms with Gasteiger partial charge in [0.25, 0.3) is 0 Å². The van der Waals surface area contributed by atoms with E-state index in [0.29, 0.717) is 10.6 Å². The lowest BCUT2D eigenvalue weighted by atomic mass is 9.94. The van der Waals surface area contributed by atoms with E-state index in [-0.39, 0.29) is 0 Å². The summed E-state index contributed by atoms with van der Waals surface area (Å²) in [6.07, 6.45) is 4.58. The van der Waals surface area contributed by atoms with Gasteiger partial charge in [0.15, 0.2) is 0 Å². The molecule has 0 bridgehead atoms. The van der Waals surface area contributed by atoms with Crippen molar-refractivity contribution in [2.45, 2.75) is 26.2 Å². The third kappa shape index (κ3) is 2.81. The minimum Gasteiger partial charge on any atom is -0.370 e. The fraction of sp³-hybridized carbons (Fsp3) is 0.500. The number of piperidine rings is 1. The predicted molar refractivity (Wildman–Crippen MR) is 72.1 cm³/mol. The first kappa shape index (κ1) is 12.4. The van der Waals surface area contributed by atoms with Gasteiger partial charge in [0.05, 0.1) is 10.7 Å². The van der Waals surface area contributed by atoms with Gasteiger partial charge < -0.3 is 4.90 Å². The van der Waals surface area contributed by atoms with Crippen LogP contribution in [0.2, 0.25) is 5.02 Å². The lowest BCUT2D eigenvalue weighted by Crippen LogP contribution is -2.33. The lowest BCUT2D eigenvalue weighted by molar-refractivity contribution is 0.112. The Hall–Kier alpha value is -1.02. The summed E-state index contributed by atoms with van der Waals surface area (Å²) in [6, 6.07) is 5.54. The third-order valence-electron chi connectivity index (χ3n) is 3.64. The average Bonchev–Trinajstić information content (AvgIpc) is 2.39. The first-order valence-electron chi connectivity index (χ1n) is 6.24. The van der Waals surface area contributed by atoms with E-state index in [9.17, 15) is 4.79 Å². The van der Waals surface area contributed by atoms with Crippen LogP contribution in [0.1, 0.15) is 36.5 Å². The molecule has 1 aromatic carbocycles. The Balaban J connectivity index is 2.10. The molecule has 0 atom stereocenters. The standard InChI is InChI=1S/C14H18ClNO/c1-2-11-5-7-16(8-6-11)14-4-3-12(10-17)9-13(14)15/h3-4,9-11H,2,5-8H2,1H3. The maximum atomic E-state index is 10.7. The van der Waals surface area contributed by atoms with Crippen molar-refractivity contribution in [1.29, 1.82) is 0 Å². The Morgan fingerprint density at radius 2 is 2.12 bits per heavy atom. The van der Waals surface area contributed by atoms with Gasteiger partial charge in [-0.2, -0.15) is 0 Å². The maximum absolute atomic E-state index is 10.7. The Morgan fingerprint density at radius 3 is 2.65 bits per heavy atom. The zero-order chi connectivity index (χ0) is 12.3. The number of carbonyl (C=O) groups excluding carboxylic acids is 1. The minimum atomic E-state index is 0.641. The molecule has 2 rings (SSSR count). The Morgan fingerprint density at radius 1 is 1.41 bits per heavy atom. The quantitative estimate of drug-likeness (QED) is 0.762. The molecule has 0 unspecified atom stereocenters. The molecule has 1 fully saturated rings. The zero-order valence-corrected chi connectivity index (χ0v) is 10.9. The smallest absolute Gasteiger partial charge is 0.150 e. The first-order valence-corrected chi connectivity index (χ1v) is 6.62. The lowest BCUT2D eigenvalue weighted by Gasteiger charge is -2.33. The summed E-state index contributed by atoms with van der Waals surface area (Å²) in [4.78, 5) is 13.0. The van der Waals surface area contributed by atoms with Crippen molar-refractivity contribution in [3.05, 3.63) is 28.8 Å². The average molecular weight is 252 g/mol. The highest BCUT2D eigenvalue weighted by Crippen LogP contribution is 2.30. The number of benzene rings is 1. The number of halogens is 1. The molecule has 0 N–H and O–H groups in total. The van der Waals surface area contributed by atoms with Gasteiger partial charge in [-0.05, 0) is 37.0 Å². The molecule has 1 aliphatic heterocycles. The van der Waals surface area contributed by atoms with Gasteiger partial charge in [0.1, 0.15) is 6.29 Å². The van der Waals surface area contributed by atoms with E-state index in [2.05, 4.69) is 11.8 Å². The predicted octanol–water partition coefficient (Wildman–Crippen LogP) is 3.78. The van der Waals surface area contributed by atoms with Crippen molar-refractivity contribution in [3.8, 4) is 0 Å². The highest BCUT2D eigenvalue weighted by Gasteiger charge is 2.19. The molecule has 0 radical (unpaired) electrons. The molecule has 92 valence electrons. The van der Waals surface area contributed by atoms with Crippen LogP contribution in [0, 0.1) is 5.92 Å². The largest absolute Gasteiger partial charge is 0.370 e. The second-order valence-corrected chi connectivity index (χ2v) is 5.07. The van der Waals surface area contributed by atoms with Crippen LogP contribution in [0.5, 0.6) is 0 Å². The fourth-order valence-electron chi connectivity index (χ4n) is 2.44. The van der Waals surface area contributed by atoms with E-state index in [1.807, 2.05) is 12.1 Å². The summed E-state index contributed by atoms with van der Waals surface area (Å²) in [6.45, 7) is 4.39. The number of anilines is 1. The van der Waals surface area contributed by atoms with Gasteiger partial charge in [-0.3, -0.25) is 4.79 Å². The number of hydrogen-bond acceptors (Lipinski definition) is 2. The highest BCUT2D eigenvalue weighted by molar-refractivity contribution is 6.33. The monoisotopic (exact) mass is 251 g/mol. The molecule has 1 aromatic rings. The molecular formula is C14H18ClNO. The van der Waals surface area contributed by atoms with Crippen LogP contribution in [-0.2, 0) is 0 Å². The van der Waals surface area contributed by atoms with Gasteiger partial charge in [-0.25, -0.2) is 0 Å². The molecule has 1 saturated heterocycles. The van der Waals surface area contributed by atoms with Crippen molar-refractivity contribution in [1.82, 2.24) is 0 Å². The number of hydrogen-bond donors (Lipinski definition) is 0. The van der Waals surface area contributed by atoms with Crippen molar-refractivity contribution in [2.75, 3.05) is 18.0 Å². The maximum Gasteiger partial charge on any atom is 0.150 e. The molecule has 0 saturated carbocycles. The van der Waals surface area contributed by atoms with Gasteiger partial charge in [-0.15, -0.1) is 0 Å². The summed E-state index contributed by atoms with van der Waals surface area (Å²) < 4.78 is 0. The van der Waals surface area contributed by atoms with Crippen LogP contribution in [-0.4, -0.2) is 19.4 Å². The Labute approximate surface area is 108 Å². The van der Waals surface area contributed by atoms with E-state index in [1.165, 1.54) is 19.3 Å². The normalized spacial score (nSPS) is 17.2. The molecule has 1 aliphatic rings. The van der Waals surface area contributed by atoms with E-state index in [4.69, 9.17) is 11.6 Å². The highest BCUT2D eigenvalue weighted by atomic mass is 35.5. The molecule has 0 aromatic heterocycles. The van der Waals surface area contributed by atoms with Crippen LogP contribution >= 0.6 is 11.6 Å². The van der Waals surface area contributed by atoms with Crippen LogP contribution < -0.4 is 4.90 Å². The topological polar surface area (TPSA) is 20.3 Å². The van der Waals surface area contributed by atoms with E-state index < -0.39 is 0 Å². The first-order chi connectivity index (χ1) is 8.24. The van der Waals surface area contributed by atoms with Crippen LogP contribution in [0.4, 0.5) is 5.69 Å². The van der Waals surface area contributed by atoms with Gasteiger partial charge in [0, 0.05) is 18.7 Å². The Kier molecular flexibility index (Phi) is 4.06. The van der Waals surface area contributed by atoms with Crippen LogP contribution in [0.3, 0.4) is 0 Å². The van der Waals surface area contributed by atoms with Crippen LogP contribution in [0.25, 0.3) is 0 Å². The number of aldehydes is 1. The molecule has 0 aliphatic carbocycles. The van der Waals surface area contributed by atoms with Gasteiger partial charge in [0.2, 0.25) is 0 Å². The third-order valence-corrected chi connectivity index (χ3v) is 3.94. The second kappa shape index (κ2) is 5.54. The van der Waals surface area contributed by atoms with Crippen molar-refractivity contribution >= 4 is 23.6 Å². The zero-order valence-electron chi connectivity index (χ0n) is 10.2. The summed E-state index contributed by atoms with van der Waals surface area (Å²) >= 11 is 6.21. The summed E-state index contributed by atoms with van der Waals surface area (Å²) in [7, 11) is 0. The van der Waals surface area contributed by atoms with Crippen LogP contribution in [0.15, 0.2) is 18.2 Å². The molecule has 17 heavy (non-hydrogen) atoms. The minimum absolute atomic E-state index is 0.641. The van der Waals surface area contributed by atoms with Crippen molar-refractivity contribution in [3.63, 3.8) is 0 Å². The van der Waals surface area contributed by atoms with Crippen molar-refractivity contribution in [2.24, 2.45) is 5.92 Å². The van der Waals surface area contributed by atoms with E-state index >= 15 is 0 Å². The summed E-state index contributed by atoms with van der Waals surface area (Å²) in [5.74, 6) is 0.860. The number of carbonyl (C=O) groups is 1. The second-order valence-electron chi connectivity index (χ2n) is 4.67. The summed E-state index contributed by atoms with van der Waals surface area (Å²) in [5.41, 5.74) is 1.70. The molecule has 0 spiro atoms. The Bertz CT molecular complexity index is 397. The van der Waals surface area contributed by atoms with Crippen molar-refractivity contribution < 1.29 is 4.79 Å². The molecule has 2 nitrogen and oxygen atoms in total. The molecular weight excluding hydrogens is 234 g/mol. The van der Waals surface area contributed by atoms with E-state index in [1.54, 1.807) is 6.07 Å². The van der Waals surface area contributed by atoms with E-state index in [0.717, 1.165) is 31.0 Å². The molecule has 3 heteroatoms. The van der Waals surface area contributed by atoms with Gasteiger partial charge >= 0.3 is 0 Å².